The lowest BCUT2D eigenvalue weighted by Gasteiger charge is -2.20. The van der Waals surface area contributed by atoms with Gasteiger partial charge in [0.2, 0.25) is 0 Å². The molecule has 1 N–H and O–H groups in total. The third-order valence-corrected chi connectivity index (χ3v) is 2.60. The summed E-state index contributed by atoms with van der Waals surface area (Å²) in [5, 5.41) is 3.45. The van der Waals surface area contributed by atoms with E-state index in [1.165, 1.54) is 12.0 Å². The minimum Gasteiger partial charge on any atom is -0.375 e. The third-order valence-electron chi connectivity index (χ3n) is 2.60. The summed E-state index contributed by atoms with van der Waals surface area (Å²) in [7, 11) is 0. The Bertz CT molecular complexity index is 327. The van der Waals surface area contributed by atoms with Gasteiger partial charge in [-0.2, -0.15) is 0 Å². The quantitative estimate of drug-likeness (QED) is 0.754. The van der Waals surface area contributed by atoms with Crippen molar-refractivity contribution < 1.29 is 4.74 Å². The number of pyridine rings is 1. The Balaban J connectivity index is 2.33. The molecule has 0 aromatic carbocycles. The first-order valence-corrected chi connectivity index (χ1v) is 6.78. The molecule has 0 radical (unpaired) electrons. The van der Waals surface area contributed by atoms with Crippen molar-refractivity contribution in [3.05, 3.63) is 29.6 Å². The lowest BCUT2D eigenvalue weighted by Crippen LogP contribution is -2.35. The highest BCUT2D eigenvalue weighted by molar-refractivity contribution is 5.13. The number of rotatable bonds is 7. The second-order valence-corrected chi connectivity index (χ2v) is 5.67. The normalized spacial score (nSPS) is 11.8. The number of aromatic nitrogens is 1. The van der Waals surface area contributed by atoms with Crippen LogP contribution in [0.4, 0.5) is 0 Å². The summed E-state index contributed by atoms with van der Waals surface area (Å²) in [4.78, 5) is 4.41. The molecule has 1 rings (SSSR count). The maximum absolute atomic E-state index is 5.54. The predicted octanol–water partition coefficient (Wildman–Crippen LogP) is 3.29. The van der Waals surface area contributed by atoms with Crippen LogP contribution in [0.2, 0.25) is 0 Å². The Hall–Kier alpha value is -0.930. The zero-order valence-electron chi connectivity index (χ0n) is 12.1. The van der Waals surface area contributed by atoms with Crippen LogP contribution in [0, 0.1) is 0 Å². The Kier molecular flexibility index (Phi) is 6.30. The monoisotopic (exact) mass is 250 g/mol. The van der Waals surface area contributed by atoms with Crippen molar-refractivity contribution in [2.75, 3.05) is 6.61 Å². The first-order valence-electron chi connectivity index (χ1n) is 6.78. The molecule has 0 aliphatic heterocycles. The first kappa shape index (κ1) is 15.1. The molecular weight excluding hydrogens is 224 g/mol. The van der Waals surface area contributed by atoms with Crippen molar-refractivity contribution in [3.8, 4) is 0 Å². The average molecular weight is 250 g/mol. The minimum absolute atomic E-state index is 0.141. The summed E-state index contributed by atoms with van der Waals surface area (Å²) < 4.78 is 5.54. The van der Waals surface area contributed by atoms with Gasteiger partial charge in [-0.1, -0.05) is 19.4 Å². The van der Waals surface area contributed by atoms with Crippen LogP contribution in [0.3, 0.4) is 0 Å². The molecule has 0 atom stereocenters. The van der Waals surface area contributed by atoms with Gasteiger partial charge in [0, 0.05) is 24.9 Å². The lowest BCUT2D eigenvalue weighted by molar-refractivity contribution is 0.115. The van der Waals surface area contributed by atoms with Gasteiger partial charge in [0.15, 0.2) is 0 Å². The highest BCUT2D eigenvalue weighted by Crippen LogP contribution is 2.05. The molecule has 0 amide bonds. The second kappa shape index (κ2) is 7.49. The molecule has 0 unspecified atom stereocenters. The largest absolute Gasteiger partial charge is 0.375 e. The summed E-state index contributed by atoms with van der Waals surface area (Å²) >= 11 is 0. The lowest BCUT2D eigenvalue weighted by atomic mass is 10.1. The number of nitrogens with one attached hydrogen (secondary N) is 1. The Morgan fingerprint density at radius 2 is 2.06 bits per heavy atom. The molecule has 0 bridgehead atoms. The fourth-order valence-electron chi connectivity index (χ4n) is 1.44. The fraction of sp³-hybridized carbons (Fsp3) is 0.667. The van der Waals surface area contributed by atoms with E-state index in [-0.39, 0.29) is 5.54 Å². The highest BCUT2D eigenvalue weighted by Gasteiger charge is 2.08. The molecule has 0 fully saturated rings. The molecule has 0 spiro atoms. The Morgan fingerprint density at radius 1 is 1.28 bits per heavy atom. The van der Waals surface area contributed by atoms with Crippen molar-refractivity contribution in [2.24, 2.45) is 0 Å². The summed E-state index contributed by atoms with van der Waals surface area (Å²) in [5.41, 5.74) is 2.36. The van der Waals surface area contributed by atoms with Crippen LogP contribution in [-0.4, -0.2) is 17.1 Å². The molecule has 0 saturated carbocycles. The van der Waals surface area contributed by atoms with E-state index in [1.54, 1.807) is 0 Å². The Labute approximate surface area is 111 Å². The van der Waals surface area contributed by atoms with Crippen LogP contribution in [0.15, 0.2) is 18.3 Å². The van der Waals surface area contributed by atoms with E-state index in [1.807, 2.05) is 12.3 Å². The van der Waals surface area contributed by atoms with Crippen molar-refractivity contribution in [1.82, 2.24) is 10.3 Å². The molecule has 3 heteroatoms. The molecule has 18 heavy (non-hydrogen) atoms. The maximum Gasteiger partial charge on any atom is 0.0887 e. The third kappa shape index (κ3) is 6.72. The predicted molar refractivity (Wildman–Crippen MR) is 75.4 cm³/mol. The van der Waals surface area contributed by atoms with Crippen LogP contribution >= 0.6 is 0 Å². The Morgan fingerprint density at radius 3 is 2.61 bits per heavy atom. The average Bonchev–Trinajstić information content (AvgIpc) is 2.33. The zero-order valence-corrected chi connectivity index (χ0v) is 12.1. The fourth-order valence-corrected chi connectivity index (χ4v) is 1.44. The summed E-state index contributed by atoms with van der Waals surface area (Å²) in [5.74, 6) is 0. The van der Waals surface area contributed by atoms with E-state index in [0.717, 1.165) is 25.3 Å². The number of ether oxygens (including phenoxy) is 1. The van der Waals surface area contributed by atoms with Gasteiger partial charge in [0.05, 0.1) is 12.3 Å². The maximum atomic E-state index is 5.54. The van der Waals surface area contributed by atoms with Gasteiger partial charge < -0.3 is 10.1 Å². The molecule has 1 aromatic heterocycles. The first-order chi connectivity index (χ1) is 8.51. The molecule has 0 aliphatic carbocycles. The van der Waals surface area contributed by atoms with Crippen LogP contribution in [0.1, 0.15) is 51.8 Å². The van der Waals surface area contributed by atoms with E-state index < -0.39 is 0 Å². The van der Waals surface area contributed by atoms with Crippen LogP contribution in [0.25, 0.3) is 0 Å². The summed E-state index contributed by atoms with van der Waals surface area (Å²) in [6, 6.07) is 4.16. The molecule has 0 saturated heterocycles. The number of nitrogens with zero attached hydrogens (tertiary/aromatic N) is 1. The highest BCUT2D eigenvalue weighted by atomic mass is 16.5. The molecule has 102 valence electrons. The van der Waals surface area contributed by atoms with E-state index in [0.29, 0.717) is 6.61 Å². The van der Waals surface area contributed by atoms with Crippen molar-refractivity contribution in [2.45, 2.75) is 59.2 Å². The van der Waals surface area contributed by atoms with E-state index in [4.69, 9.17) is 4.74 Å². The van der Waals surface area contributed by atoms with Gasteiger partial charge in [-0.05, 0) is 38.8 Å². The van der Waals surface area contributed by atoms with Gasteiger partial charge in [-0.25, -0.2) is 0 Å². The number of unbranched alkanes of at least 4 members (excludes halogenated alkanes) is 1. The van der Waals surface area contributed by atoms with Crippen molar-refractivity contribution >= 4 is 0 Å². The summed E-state index contributed by atoms with van der Waals surface area (Å²) in [6.07, 6.45) is 4.22. The second-order valence-electron chi connectivity index (χ2n) is 5.67. The van der Waals surface area contributed by atoms with Gasteiger partial charge in [-0.3, -0.25) is 4.98 Å². The van der Waals surface area contributed by atoms with Crippen LogP contribution in [-0.2, 0) is 17.9 Å². The zero-order chi connectivity index (χ0) is 13.4. The van der Waals surface area contributed by atoms with E-state index in [9.17, 15) is 0 Å². The van der Waals surface area contributed by atoms with Crippen LogP contribution in [0.5, 0.6) is 0 Å². The molecular formula is C15H26N2O. The molecule has 0 aliphatic rings. The van der Waals surface area contributed by atoms with Gasteiger partial charge in [0.1, 0.15) is 0 Å². The minimum atomic E-state index is 0.141. The standard InChI is InChI=1S/C15H26N2O/c1-5-6-9-18-12-14-8-7-13(10-16-14)11-17-15(2,3)4/h7-8,10,17H,5-6,9,11-12H2,1-4H3. The number of hydrogen-bond acceptors (Lipinski definition) is 3. The van der Waals surface area contributed by atoms with Crippen molar-refractivity contribution in [3.63, 3.8) is 0 Å². The van der Waals surface area contributed by atoms with E-state index in [2.05, 4.69) is 44.1 Å². The van der Waals surface area contributed by atoms with Crippen molar-refractivity contribution in [1.29, 1.82) is 0 Å². The smallest absolute Gasteiger partial charge is 0.0887 e. The molecule has 1 aromatic rings. The van der Waals surface area contributed by atoms with Gasteiger partial charge in [-0.15, -0.1) is 0 Å². The number of hydrogen-bond donors (Lipinski definition) is 1. The van der Waals surface area contributed by atoms with Gasteiger partial charge in [0.25, 0.3) is 0 Å². The summed E-state index contributed by atoms with van der Waals surface area (Å²) in [6.45, 7) is 11.0. The van der Waals surface area contributed by atoms with Gasteiger partial charge >= 0.3 is 0 Å². The molecule has 1 heterocycles. The van der Waals surface area contributed by atoms with Crippen LogP contribution < -0.4 is 5.32 Å². The topological polar surface area (TPSA) is 34.1 Å². The van der Waals surface area contributed by atoms with E-state index >= 15 is 0 Å². The SMILES string of the molecule is CCCCOCc1ccc(CNC(C)(C)C)cn1. The molecule has 3 nitrogen and oxygen atoms in total.